The summed E-state index contributed by atoms with van der Waals surface area (Å²) >= 11 is 0. The molecule has 0 atom stereocenters. The molecule has 0 aliphatic carbocycles. The van der Waals surface area contributed by atoms with E-state index in [-0.39, 0.29) is 11.3 Å². The summed E-state index contributed by atoms with van der Waals surface area (Å²) < 4.78 is 32.0. The van der Waals surface area contributed by atoms with E-state index in [2.05, 4.69) is 4.74 Å². The van der Waals surface area contributed by atoms with Crippen LogP contribution >= 0.6 is 0 Å². The Morgan fingerprint density at radius 3 is 2.67 bits per heavy atom. The predicted octanol–water partition coefficient (Wildman–Crippen LogP) is 1.66. The molecule has 0 radical (unpaired) electrons. The molecule has 2 N–H and O–H groups in total. The number of carbonyl (C=O) groups is 1. The van der Waals surface area contributed by atoms with Gasteiger partial charge in [0.25, 0.3) is 0 Å². The Hall–Kier alpha value is -1.85. The zero-order valence-corrected chi connectivity index (χ0v) is 7.87. The van der Waals surface area contributed by atoms with Gasteiger partial charge >= 0.3 is 12.6 Å². The average molecular weight is 217 g/mol. The molecule has 6 heteroatoms. The number of carbonyl (C=O) groups excluding carboxylic acids is 1. The largest absolute Gasteiger partial charge is 0.495 e. The Kier molecular flexibility index (Phi) is 3.43. The van der Waals surface area contributed by atoms with E-state index in [0.717, 1.165) is 0 Å². The van der Waals surface area contributed by atoms with Gasteiger partial charge in [0, 0.05) is 0 Å². The molecule has 0 aromatic heterocycles. The maximum absolute atomic E-state index is 11.7. The Balaban J connectivity index is 2.91. The summed E-state index contributed by atoms with van der Waals surface area (Å²) in [4.78, 5) is 11.0. The topological polar surface area (TPSA) is 61.5 Å². The van der Waals surface area contributed by atoms with E-state index in [1.165, 1.54) is 25.3 Å². The van der Waals surface area contributed by atoms with Crippen LogP contribution in [0, 0.1) is 0 Å². The van der Waals surface area contributed by atoms with Crippen LogP contribution in [0.3, 0.4) is 0 Å². The summed E-state index contributed by atoms with van der Waals surface area (Å²) in [6.07, 6.45) is 0. The number of alkyl halides is 2. The van der Waals surface area contributed by atoms with Gasteiger partial charge in [-0.15, -0.1) is 0 Å². The fraction of sp³-hybridized carbons (Fsp3) is 0.222. The number of hydrogen-bond donors (Lipinski definition) is 1. The fourth-order valence-electron chi connectivity index (χ4n) is 0.987. The number of benzene rings is 1. The van der Waals surface area contributed by atoms with Crippen molar-refractivity contribution in [2.24, 2.45) is 0 Å². The van der Waals surface area contributed by atoms with Crippen molar-refractivity contribution in [3.63, 3.8) is 0 Å². The second-order valence-electron chi connectivity index (χ2n) is 2.62. The maximum Gasteiger partial charge on any atom is 0.389 e. The first-order valence-electron chi connectivity index (χ1n) is 3.97. The number of anilines is 1. The third-order valence-electron chi connectivity index (χ3n) is 1.67. The Bertz CT molecular complexity index is 368. The van der Waals surface area contributed by atoms with Gasteiger partial charge in [-0.05, 0) is 18.2 Å². The van der Waals surface area contributed by atoms with Crippen LogP contribution in [0.1, 0.15) is 10.4 Å². The van der Waals surface area contributed by atoms with E-state index >= 15 is 0 Å². The third-order valence-corrected chi connectivity index (χ3v) is 1.67. The van der Waals surface area contributed by atoms with E-state index in [9.17, 15) is 13.6 Å². The lowest BCUT2D eigenvalue weighted by Gasteiger charge is -2.07. The van der Waals surface area contributed by atoms with Gasteiger partial charge in [-0.2, -0.15) is 8.78 Å². The summed E-state index contributed by atoms with van der Waals surface area (Å²) in [5, 5.41) is 0. The van der Waals surface area contributed by atoms with E-state index in [1.54, 1.807) is 0 Å². The molecule has 0 aliphatic heterocycles. The van der Waals surface area contributed by atoms with Crippen molar-refractivity contribution in [3.05, 3.63) is 23.8 Å². The number of rotatable bonds is 3. The van der Waals surface area contributed by atoms with Gasteiger partial charge in [0.2, 0.25) is 0 Å². The number of nitrogens with two attached hydrogens (primary N) is 1. The normalized spacial score (nSPS) is 10.1. The Morgan fingerprint density at radius 2 is 2.13 bits per heavy atom. The molecule has 0 saturated carbocycles. The standard InChI is InChI=1S/C9H9F2NO3/c1-14-7-4-5(2-3-6(7)12)8(13)15-9(10)11/h2-4,9H,12H2,1H3. The number of methoxy groups -OCH3 is 1. The lowest BCUT2D eigenvalue weighted by molar-refractivity contribution is -0.0906. The van der Waals surface area contributed by atoms with Gasteiger partial charge in [0.15, 0.2) is 0 Å². The Morgan fingerprint density at radius 1 is 1.47 bits per heavy atom. The zero-order valence-electron chi connectivity index (χ0n) is 7.87. The third kappa shape index (κ3) is 2.80. The predicted molar refractivity (Wildman–Crippen MR) is 48.8 cm³/mol. The minimum atomic E-state index is -3.14. The second kappa shape index (κ2) is 4.59. The minimum Gasteiger partial charge on any atom is -0.495 e. The van der Waals surface area contributed by atoms with Gasteiger partial charge in [0.05, 0.1) is 18.4 Å². The first-order valence-corrected chi connectivity index (χ1v) is 3.97. The number of esters is 1. The van der Waals surface area contributed by atoms with E-state index < -0.39 is 12.6 Å². The van der Waals surface area contributed by atoms with Crippen LogP contribution in [0.2, 0.25) is 0 Å². The fourth-order valence-corrected chi connectivity index (χ4v) is 0.987. The molecule has 0 aliphatic rings. The van der Waals surface area contributed by atoms with Crippen LogP contribution in [0.4, 0.5) is 14.5 Å². The summed E-state index contributed by atoms with van der Waals surface area (Å²) in [6.45, 7) is -3.14. The molecule has 1 aromatic rings. The highest BCUT2D eigenvalue weighted by atomic mass is 19.3. The number of ether oxygens (including phenoxy) is 2. The molecule has 1 rings (SSSR count). The van der Waals surface area contributed by atoms with Crippen LogP contribution < -0.4 is 10.5 Å². The molecular weight excluding hydrogens is 208 g/mol. The molecule has 4 nitrogen and oxygen atoms in total. The van der Waals surface area contributed by atoms with Crippen LogP contribution in [-0.2, 0) is 4.74 Å². The molecule has 0 spiro atoms. The van der Waals surface area contributed by atoms with E-state index in [0.29, 0.717) is 5.69 Å². The molecule has 15 heavy (non-hydrogen) atoms. The van der Waals surface area contributed by atoms with Crippen LogP contribution in [0.15, 0.2) is 18.2 Å². The van der Waals surface area contributed by atoms with Gasteiger partial charge in [-0.25, -0.2) is 4.79 Å². The van der Waals surface area contributed by atoms with Crippen molar-refractivity contribution in [1.29, 1.82) is 0 Å². The highest BCUT2D eigenvalue weighted by Gasteiger charge is 2.14. The van der Waals surface area contributed by atoms with Gasteiger partial charge < -0.3 is 15.2 Å². The second-order valence-corrected chi connectivity index (χ2v) is 2.62. The van der Waals surface area contributed by atoms with Crippen molar-refractivity contribution in [2.45, 2.75) is 6.61 Å². The van der Waals surface area contributed by atoms with Gasteiger partial charge in [0.1, 0.15) is 5.75 Å². The molecule has 0 heterocycles. The maximum atomic E-state index is 11.7. The average Bonchev–Trinajstić information content (AvgIpc) is 2.17. The molecule has 0 unspecified atom stereocenters. The smallest absolute Gasteiger partial charge is 0.389 e. The summed E-state index contributed by atoms with van der Waals surface area (Å²) in [7, 11) is 1.36. The summed E-state index contributed by atoms with van der Waals surface area (Å²) in [5.74, 6) is -0.887. The van der Waals surface area contributed by atoms with Crippen LogP contribution in [0.25, 0.3) is 0 Å². The lowest BCUT2D eigenvalue weighted by Crippen LogP contribution is -2.10. The summed E-state index contributed by atoms with van der Waals surface area (Å²) in [5.41, 5.74) is 5.75. The van der Waals surface area contributed by atoms with Crippen molar-refractivity contribution < 1.29 is 23.0 Å². The molecule has 82 valence electrons. The molecule has 0 saturated heterocycles. The monoisotopic (exact) mass is 217 g/mol. The molecule has 1 aromatic carbocycles. The SMILES string of the molecule is COc1cc(C(=O)OC(F)F)ccc1N. The zero-order chi connectivity index (χ0) is 11.4. The molecular formula is C9H9F2NO3. The highest BCUT2D eigenvalue weighted by molar-refractivity contribution is 5.90. The van der Waals surface area contributed by atoms with Crippen LogP contribution in [-0.4, -0.2) is 19.7 Å². The van der Waals surface area contributed by atoms with Crippen molar-refractivity contribution in [3.8, 4) is 5.75 Å². The first-order chi connectivity index (χ1) is 7.04. The van der Waals surface area contributed by atoms with Crippen molar-refractivity contribution in [2.75, 3.05) is 12.8 Å². The molecule has 0 bridgehead atoms. The van der Waals surface area contributed by atoms with Crippen LogP contribution in [0.5, 0.6) is 5.75 Å². The van der Waals surface area contributed by atoms with Crippen molar-refractivity contribution in [1.82, 2.24) is 0 Å². The molecule has 0 amide bonds. The number of nitrogen functional groups attached to an aromatic ring is 1. The number of hydrogen-bond acceptors (Lipinski definition) is 4. The lowest BCUT2D eigenvalue weighted by atomic mass is 10.2. The summed E-state index contributed by atoms with van der Waals surface area (Å²) in [6, 6.07) is 3.89. The van der Waals surface area contributed by atoms with E-state index in [4.69, 9.17) is 10.5 Å². The minimum absolute atomic E-state index is 0.0404. The first kappa shape index (κ1) is 11.2. The number of halogens is 2. The van der Waals surface area contributed by atoms with Gasteiger partial charge in [-0.3, -0.25) is 0 Å². The van der Waals surface area contributed by atoms with Crippen molar-refractivity contribution >= 4 is 11.7 Å². The highest BCUT2D eigenvalue weighted by Crippen LogP contribution is 2.22. The van der Waals surface area contributed by atoms with Gasteiger partial charge in [-0.1, -0.05) is 0 Å². The Labute approximate surface area is 84.6 Å². The quantitative estimate of drug-likeness (QED) is 0.617. The molecule has 0 fully saturated rings. The van der Waals surface area contributed by atoms with E-state index in [1.807, 2.05) is 0 Å².